The number of nitrogens with zero attached hydrogens (tertiary/aromatic N) is 1. The van der Waals surface area contributed by atoms with E-state index in [-0.39, 0.29) is 5.75 Å². The van der Waals surface area contributed by atoms with Crippen LogP contribution in [0.15, 0.2) is 30.3 Å². The number of hydrogen-bond donors (Lipinski definition) is 0. The van der Waals surface area contributed by atoms with E-state index >= 15 is 0 Å². The van der Waals surface area contributed by atoms with Crippen LogP contribution in [-0.2, 0) is 0 Å². The van der Waals surface area contributed by atoms with E-state index in [9.17, 15) is 17.6 Å². The second-order valence-corrected chi connectivity index (χ2v) is 4.24. The van der Waals surface area contributed by atoms with Crippen LogP contribution < -0.4 is 4.74 Å². The van der Waals surface area contributed by atoms with E-state index in [2.05, 4.69) is 0 Å². The third kappa shape index (κ3) is 2.79. The average Bonchev–Trinajstić information content (AvgIpc) is 2.54. The van der Waals surface area contributed by atoms with E-state index in [1.807, 2.05) is 6.07 Å². The summed E-state index contributed by atoms with van der Waals surface area (Å²) >= 11 is 0. The Hall–Kier alpha value is -2.81. The molecule has 0 N–H and O–H groups in total. The molecule has 0 amide bonds. The number of hydrogen-bond acceptors (Lipinski definition) is 2. The minimum atomic E-state index is -1.63. The van der Waals surface area contributed by atoms with Crippen LogP contribution in [0, 0.1) is 34.6 Å². The first-order chi connectivity index (χ1) is 10.5. The number of nitriles is 1. The Labute approximate surface area is 123 Å². The minimum absolute atomic E-state index is 0.0608. The zero-order valence-electron chi connectivity index (χ0n) is 11.3. The average molecular weight is 307 g/mol. The van der Waals surface area contributed by atoms with Crippen LogP contribution in [0.2, 0.25) is 0 Å². The van der Waals surface area contributed by atoms with Crippen LogP contribution in [0.5, 0.6) is 11.5 Å². The molecule has 0 saturated heterocycles. The largest absolute Gasteiger partial charge is 0.451 e. The van der Waals surface area contributed by atoms with Gasteiger partial charge in [0.05, 0.1) is 17.2 Å². The molecular weight excluding hydrogens is 298 g/mol. The lowest BCUT2D eigenvalue weighted by atomic mass is 10.1. The Morgan fingerprint density at radius 1 is 0.955 bits per heavy atom. The molecule has 2 aromatic carbocycles. The summed E-state index contributed by atoms with van der Waals surface area (Å²) in [7, 11) is 0. The molecule has 112 valence electrons. The Balaban J connectivity index is 2.49. The first-order valence-electron chi connectivity index (χ1n) is 6.16. The molecule has 0 aliphatic heterocycles. The van der Waals surface area contributed by atoms with Gasteiger partial charge in [-0.15, -0.1) is 0 Å². The van der Waals surface area contributed by atoms with E-state index in [0.717, 1.165) is 6.08 Å². The van der Waals surface area contributed by atoms with Gasteiger partial charge in [-0.05, 0) is 31.2 Å². The highest BCUT2D eigenvalue weighted by Gasteiger charge is 2.25. The normalized spacial score (nSPS) is 10.7. The molecule has 0 saturated carbocycles. The summed E-state index contributed by atoms with van der Waals surface area (Å²) in [5.74, 6) is -7.57. The second kappa shape index (κ2) is 6.31. The second-order valence-electron chi connectivity index (χ2n) is 4.24. The first-order valence-corrected chi connectivity index (χ1v) is 6.16. The lowest BCUT2D eigenvalue weighted by molar-refractivity contribution is 0.365. The summed E-state index contributed by atoms with van der Waals surface area (Å²) in [4.78, 5) is 0. The van der Waals surface area contributed by atoms with Gasteiger partial charge in [0.15, 0.2) is 11.6 Å². The maximum Gasteiger partial charge on any atom is 0.205 e. The van der Waals surface area contributed by atoms with Gasteiger partial charge in [-0.2, -0.15) is 14.0 Å². The smallest absolute Gasteiger partial charge is 0.205 e. The van der Waals surface area contributed by atoms with Crippen molar-refractivity contribution in [1.29, 1.82) is 5.26 Å². The summed E-state index contributed by atoms with van der Waals surface area (Å²) in [6.45, 7) is 1.45. The topological polar surface area (TPSA) is 33.0 Å². The fourth-order valence-electron chi connectivity index (χ4n) is 1.75. The van der Waals surface area contributed by atoms with Crippen molar-refractivity contribution in [3.8, 4) is 17.6 Å². The van der Waals surface area contributed by atoms with Crippen molar-refractivity contribution in [2.75, 3.05) is 0 Å². The molecule has 6 heteroatoms. The van der Waals surface area contributed by atoms with E-state index in [1.165, 1.54) is 37.3 Å². The zero-order chi connectivity index (χ0) is 16.3. The van der Waals surface area contributed by atoms with Gasteiger partial charge in [0.1, 0.15) is 5.75 Å². The van der Waals surface area contributed by atoms with E-state index < -0.39 is 34.6 Å². The SMILES string of the molecule is C/C=C/c1c(F)c(F)c(Oc2ccc(C#N)cc2)c(F)c1F. The van der Waals surface area contributed by atoms with Crippen LogP contribution in [-0.4, -0.2) is 0 Å². The monoisotopic (exact) mass is 307 g/mol. The molecule has 0 aromatic heterocycles. The predicted octanol–water partition coefficient (Wildman–Crippen LogP) is 4.94. The Morgan fingerprint density at radius 2 is 1.50 bits per heavy atom. The summed E-state index contributed by atoms with van der Waals surface area (Å²) in [5.41, 5.74) is -0.515. The van der Waals surface area contributed by atoms with Crippen molar-refractivity contribution in [3.63, 3.8) is 0 Å². The predicted molar refractivity (Wildman–Crippen MR) is 72.2 cm³/mol. The number of ether oxygens (including phenoxy) is 1. The maximum atomic E-state index is 13.9. The molecule has 0 heterocycles. The van der Waals surface area contributed by atoms with Crippen molar-refractivity contribution < 1.29 is 22.3 Å². The van der Waals surface area contributed by atoms with Gasteiger partial charge in [-0.1, -0.05) is 12.2 Å². The van der Waals surface area contributed by atoms with Gasteiger partial charge in [0.2, 0.25) is 17.4 Å². The number of rotatable bonds is 3. The van der Waals surface area contributed by atoms with Crippen molar-refractivity contribution in [3.05, 3.63) is 64.7 Å². The minimum Gasteiger partial charge on any atom is -0.451 e. The molecule has 0 aliphatic carbocycles. The highest BCUT2D eigenvalue weighted by Crippen LogP contribution is 2.33. The van der Waals surface area contributed by atoms with E-state index in [1.54, 1.807) is 0 Å². The molecule has 22 heavy (non-hydrogen) atoms. The lowest BCUT2D eigenvalue weighted by Gasteiger charge is -2.11. The Bertz CT molecular complexity index is 747. The molecule has 0 bridgehead atoms. The fourth-order valence-corrected chi connectivity index (χ4v) is 1.75. The van der Waals surface area contributed by atoms with Crippen LogP contribution in [0.3, 0.4) is 0 Å². The first kappa shape index (κ1) is 15.6. The van der Waals surface area contributed by atoms with E-state index in [4.69, 9.17) is 10.00 Å². The molecule has 0 atom stereocenters. The fraction of sp³-hybridized carbons (Fsp3) is 0.0625. The Morgan fingerprint density at radius 3 is 1.95 bits per heavy atom. The molecule has 0 aliphatic rings. The summed E-state index contributed by atoms with van der Waals surface area (Å²) < 4.78 is 60.1. The number of benzene rings is 2. The van der Waals surface area contributed by atoms with Crippen molar-refractivity contribution in [2.24, 2.45) is 0 Å². The van der Waals surface area contributed by atoms with Crippen LogP contribution in [0.4, 0.5) is 17.6 Å². The highest BCUT2D eigenvalue weighted by molar-refractivity contribution is 5.54. The zero-order valence-corrected chi connectivity index (χ0v) is 11.3. The molecule has 2 nitrogen and oxygen atoms in total. The van der Waals surface area contributed by atoms with Gasteiger partial charge in [0.25, 0.3) is 0 Å². The number of halogens is 4. The summed E-state index contributed by atoms with van der Waals surface area (Å²) in [6.07, 6.45) is 2.17. The molecule has 0 fully saturated rings. The summed E-state index contributed by atoms with van der Waals surface area (Å²) in [5, 5.41) is 8.64. The van der Waals surface area contributed by atoms with E-state index in [0.29, 0.717) is 5.56 Å². The third-order valence-electron chi connectivity index (χ3n) is 2.79. The van der Waals surface area contributed by atoms with Crippen molar-refractivity contribution in [2.45, 2.75) is 6.92 Å². The van der Waals surface area contributed by atoms with Gasteiger partial charge in [-0.3, -0.25) is 0 Å². The van der Waals surface area contributed by atoms with Gasteiger partial charge in [-0.25, -0.2) is 8.78 Å². The molecule has 2 rings (SSSR count). The van der Waals surface area contributed by atoms with Crippen LogP contribution >= 0.6 is 0 Å². The van der Waals surface area contributed by atoms with Crippen LogP contribution in [0.25, 0.3) is 6.08 Å². The quantitative estimate of drug-likeness (QED) is 0.594. The Kier molecular flexibility index (Phi) is 4.47. The molecule has 0 spiro atoms. The van der Waals surface area contributed by atoms with Gasteiger partial charge >= 0.3 is 0 Å². The third-order valence-corrected chi connectivity index (χ3v) is 2.79. The standard InChI is InChI=1S/C16H9F4NO/c1-2-3-11-12(17)14(19)16(15(20)13(11)18)22-10-6-4-9(8-21)5-7-10/h2-7H,1H3/b3-2+. The molecule has 0 radical (unpaired) electrons. The van der Waals surface area contributed by atoms with Crippen LogP contribution in [0.1, 0.15) is 18.1 Å². The molecular formula is C16H9F4NO. The van der Waals surface area contributed by atoms with Gasteiger partial charge < -0.3 is 4.74 Å². The summed E-state index contributed by atoms with van der Waals surface area (Å²) in [6, 6.07) is 7.04. The van der Waals surface area contributed by atoms with Crippen molar-refractivity contribution in [1.82, 2.24) is 0 Å². The molecule has 0 unspecified atom stereocenters. The maximum absolute atomic E-state index is 13.9. The molecule has 2 aromatic rings. The highest BCUT2D eigenvalue weighted by atomic mass is 19.2. The number of allylic oxidation sites excluding steroid dienone is 1. The van der Waals surface area contributed by atoms with Crippen molar-refractivity contribution >= 4 is 6.08 Å². The van der Waals surface area contributed by atoms with Gasteiger partial charge in [0, 0.05) is 0 Å². The lowest BCUT2D eigenvalue weighted by Crippen LogP contribution is -2.03.